The number of para-hydroxylation sites is 1. The lowest BCUT2D eigenvalue weighted by atomic mass is 10.0. The Morgan fingerprint density at radius 3 is 2.43 bits per heavy atom. The van der Waals surface area contributed by atoms with Gasteiger partial charge in [-0.2, -0.15) is 0 Å². The van der Waals surface area contributed by atoms with E-state index in [0.29, 0.717) is 0 Å². The van der Waals surface area contributed by atoms with Crippen LogP contribution < -0.4 is 0 Å². The highest BCUT2D eigenvalue weighted by Gasteiger charge is 2.07. The van der Waals surface area contributed by atoms with Gasteiger partial charge in [-0.25, -0.2) is 4.98 Å². The van der Waals surface area contributed by atoms with E-state index in [2.05, 4.69) is 46.4 Å². The van der Waals surface area contributed by atoms with Crippen LogP contribution in [0.5, 0.6) is 0 Å². The molecule has 0 spiro atoms. The van der Waals surface area contributed by atoms with Crippen molar-refractivity contribution in [1.29, 1.82) is 0 Å². The summed E-state index contributed by atoms with van der Waals surface area (Å²) in [5.74, 6) is 0. The Bertz CT molecular complexity index is 880. The van der Waals surface area contributed by atoms with Crippen LogP contribution in [0.15, 0.2) is 77.8 Å². The summed E-state index contributed by atoms with van der Waals surface area (Å²) in [7, 11) is 0. The highest BCUT2D eigenvalue weighted by atomic mass is 16.3. The number of rotatable bonds is 2. The third kappa shape index (κ3) is 2.09. The molecule has 0 unspecified atom stereocenters. The third-order valence-electron chi connectivity index (χ3n) is 3.55. The number of benzene rings is 2. The molecule has 0 aliphatic carbocycles. The maximum atomic E-state index is 5.35. The molecule has 0 radical (unpaired) electrons. The fraction of sp³-hybridized carbons (Fsp3) is 0. The number of nitrogens with zero attached hydrogens (tertiary/aromatic N) is 2. The van der Waals surface area contributed by atoms with Crippen molar-refractivity contribution in [1.82, 2.24) is 9.97 Å². The Balaban J connectivity index is 1.79. The molecule has 0 aliphatic heterocycles. The van der Waals surface area contributed by atoms with E-state index < -0.39 is 0 Å². The van der Waals surface area contributed by atoms with E-state index >= 15 is 0 Å². The molecule has 0 bridgehead atoms. The highest BCUT2D eigenvalue weighted by Crippen LogP contribution is 2.29. The van der Waals surface area contributed by atoms with E-state index in [4.69, 9.17) is 4.42 Å². The first-order valence-electron chi connectivity index (χ1n) is 6.75. The summed E-state index contributed by atoms with van der Waals surface area (Å²) < 4.78 is 5.35. The van der Waals surface area contributed by atoms with Gasteiger partial charge in [0.25, 0.3) is 0 Å². The Morgan fingerprint density at radius 2 is 1.62 bits per heavy atom. The normalized spacial score (nSPS) is 10.9. The molecule has 3 heteroatoms. The number of aromatic nitrogens is 2. The van der Waals surface area contributed by atoms with Gasteiger partial charge < -0.3 is 4.42 Å². The number of pyridine rings is 1. The molecule has 100 valence electrons. The van der Waals surface area contributed by atoms with Gasteiger partial charge in [0.05, 0.1) is 0 Å². The highest BCUT2D eigenvalue weighted by molar-refractivity contribution is 5.90. The largest absolute Gasteiger partial charge is 0.443 e. The van der Waals surface area contributed by atoms with Crippen molar-refractivity contribution in [2.45, 2.75) is 0 Å². The molecule has 21 heavy (non-hydrogen) atoms. The molecule has 0 saturated heterocycles. The lowest BCUT2D eigenvalue weighted by Gasteiger charge is -2.05. The topological polar surface area (TPSA) is 38.9 Å². The van der Waals surface area contributed by atoms with Crippen LogP contribution in [0.2, 0.25) is 0 Å². The minimum absolute atomic E-state index is 0.809. The second-order valence-electron chi connectivity index (χ2n) is 4.82. The van der Waals surface area contributed by atoms with Crippen LogP contribution in [0.4, 0.5) is 0 Å². The second-order valence-corrected chi connectivity index (χ2v) is 4.82. The van der Waals surface area contributed by atoms with Crippen molar-refractivity contribution in [3.63, 3.8) is 0 Å². The van der Waals surface area contributed by atoms with Crippen molar-refractivity contribution in [2.75, 3.05) is 0 Å². The van der Waals surface area contributed by atoms with Crippen LogP contribution in [0.1, 0.15) is 0 Å². The van der Waals surface area contributed by atoms with Gasteiger partial charge in [-0.15, -0.1) is 0 Å². The van der Waals surface area contributed by atoms with Gasteiger partial charge in [0, 0.05) is 18.0 Å². The van der Waals surface area contributed by atoms with Gasteiger partial charge in [-0.05, 0) is 28.8 Å². The minimum Gasteiger partial charge on any atom is -0.443 e. The molecular weight excluding hydrogens is 260 g/mol. The van der Waals surface area contributed by atoms with Crippen molar-refractivity contribution in [3.8, 4) is 22.3 Å². The summed E-state index contributed by atoms with van der Waals surface area (Å²) in [6, 6.07) is 18.4. The van der Waals surface area contributed by atoms with Crippen molar-refractivity contribution in [3.05, 3.63) is 73.4 Å². The zero-order chi connectivity index (χ0) is 14.1. The molecule has 0 saturated carbocycles. The molecule has 0 aliphatic rings. The van der Waals surface area contributed by atoms with Crippen LogP contribution >= 0.6 is 0 Å². The number of fused-ring (bicyclic) bond motifs is 1. The number of hydrogen-bond donors (Lipinski definition) is 0. The van der Waals surface area contributed by atoms with Gasteiger partial charge in [0.15, 0.2) is 12.0 Å². The van der Waals surface area contributed by atoms with Gasteiger partial charge in [0.2, 0.25) is 0 Å². The van der Waals surface area contributed by atoms with E-state index in [1.807, 2.05) is 24.4 Å². The van der Waals surface area contributed by atoms with Crippen molar-refractivity contribution >= 4 is 11.1 Å². The first-order valence-corrected chi connectivity index (χ1v) is 6.75. The molecule has 2 aromatic heterocycles. The number of hydrogen-bond acceptors (Lipinski definition) is 3. The zero-order valence-corrected chi connectivity index (χ0v) is 11.2. The van der Waals surface area contributed by atoms with Gasteiger partial charge in [-0.1, -0.05) is 42.5 Å². The summed E-state index contributed by atoms with van der Waals surface area (Å²) in [6.07, 6.45) is 5.13. The lowest BCUT2D eigenvalue weighted by molar-refractivity contribution is 0.602. The molecule has 0 fully saturated rings. The minimum atomic E-state index is 0.809. The predicted octanol–water partition coefficient (Wildman–Crippen LogP) is 4.56. The zero-order valence-electron chi connectivity index (χ0n) is 11.2. The smallest absolute Gasteiger partial charge is 0.182 e. The monoisotopic (exact) mass is 272 g/mol. The quantitative estimate of drug-likeness (QED) is 0.537. The average Bonchev–Trinajstić information content (AvgIpc) is 3.04. The molecule has 4 rings (SSSR count). The molecular formula is C18H12N2O. The van der Waals surface area contributed by atoms with Gasteiger partial charge in [-0.3, -0.25) is 4.98 Å². The van der Waals surface area contributed by atoms with Crippen LogP contribution in [0.3, 0.4) is 0 Å². The summed E-state index contributed by atoms with van der Waals surface area (Å²) in [5, 5.41) is 0. The van der Waals surface area contributed by atoms with Crippen LogP contribution in [-0.4, -0.2) is 9.97 Å². The molecule has 2 aromatic carbocycles. The Morgan fingerprint density at radius 1 is 0.762 bits per heavy atom. The Labute approximate surface area is 121 Å². The lowest BCUT2D eigenvalue weighted by Crippen LogP contribution is -1.82. The Kier molecular flexibility index (Phi) is 2.75. The van der Waals surface area contributed by atoms with E-state index in [1.165, 1.54) is 6.39 Å². The van der Waals surface area contributed by atoms with Gasteiger partial charge >= 0.3 is 0 Å². The summed E-state index contributed by atoms with van der Waals surface area (Å²) in [6.45, 7) is 0. The fourth-order valence-electron chi connectivity index (χ4n) is 2.50. The molecule has 0 atom stereocenters. The van der Waals surface area contributed by atoms with E-state index in [1.54, 1.807) is 6.20 Å². The maximum absolute atomic E-state index is 5.35. The molecule has 3 nitrogen and oxygen atoms in total. The average molecular weight is 272 g/mol. The van der Waals surface area contributed by atoms with Crippen molar-refractivity contribution < 1.29 is 4.42 Å². The van der Waals surface area contributed by atoms with E-state index in [0.717, 1.165) is 33.4 Å². The van der Waals surface area contributed by atoms with Crippen LogP contribution in [-0.2, 0) is 0 Å². The first kappa shape index (κ1) is 11.9. The van der Waals surface area contributed by atoms with E-state index in [-0.39, 0.29) is 0 Å². The summed E-state index contributed by atoms with van der Waals surface area (Å²) >= 11 is 0. The van der Waals surface area contributed by atoms with E-state index in [9.17, 15) is 0 Å². The van der Waals surface area contributed by atoms with Crippen LogP contribution in [0.25, 0.3) is 33.4 Å². The summed E-state index contributed by atoms with van der Waals surface area (Å²) in [4.78, 5) is 8.45. The molecule has 4 aromatic rings. The van der Waals surface area contributed by atoms with Crippen molar-refractivity contribution in [2.24, 2.45) is 0 Å². The standard InChI is InChI=1S/C18H12N2O/c1-4-16(18-17(5-1)21-12-20-18)14-8-6-13(7-9-14)15-3-2-10-19-11-15/h1-12H. The Hall–Kier alpha value is -2.94. The van der Waals surface area contributed by atoms with Crippen LogP contribution in [0, 0.1) is 0 Å². The van der Waals surface area contributed by atoms with Gasteiger partial charge in [0.1, 0.15) is 5.52 Å². The molecule has 0 N–H and O–H groups in total. The maximum Gasteiger partial charge on any atom is 0.182 e. The molecule has 0 amide bonds. The predicted molar refractivity (Wildman–Crippen MR) is 82.7 cm³/mol. The third-order valence-corrected chi connectivity index (χ3v) is 3.55. The number of oxazole rings is 1. The first-order chi connectivity index (χ1) is 10.4. The SMILES string of the molecule is c1cncc(-c2ccc(-c3cccc4ocnc34)cc2)c1. The molecule has 2 heterocycles. The second kappa shape index (κ2) is 4.87. The fourth-order valence-corrected chi connectivity index (χ4v) is 2.50. The summed E-state index contributed by atoms with van der Waals surface area (Å²) in [5.41, 5.74) is 6.18.